The Morgan fingerprint density at radius 2 is 2.00 bits per heavy atom. The van der Waals surface area contributed by atoms with Crippen molar-refractivity contribution in [1.82, 2.24) is 19.9 Å². The Bertz CT molecular complexity index is 710. The predicted octanol–water partition coefficient (Wildman–Crippen LogP) is 0.589. The molecule has 2 N–H and O–H groups in total. The topological polar surface area (TPSA) is 106 Å². The minimum atomic E-state index is -0.364. The Hall–Kier alpha value is -2.74. The number of amides is 3. The average molecular weight is 301 g/mol. The number of carbonyl (C=O) groups excluding carboxylic acids is 2. The summed E-state index contributed by atoms with van der Waals surface area (Å²) in [5, 5.41) is 3.87. The van der Waals surface area contributed by atoms with Crippen LogP contribution in [0.5, 0.6) is 0 Å². The minimum Gasteiger partial charge on any atom is -0.337 e. The van der Waals surface area contributed by atoms with Gasteiger partial charge in [-0.25, -0.2) is 4.79 Å². The van der Waals surface area contributed by atoms with Gasteiger partial charge in [0.1, 0.15) is 13.1 Å². The summed E-state index contributed by atoms with van der Waals surface area (Å²) in [6.45, 7) is 0.515. The smallest absolute Gasteiger partial charge is 0.327 e. The van der Waals surface area contributed by atoms with Crippen molar-refractivity contribution in [3.05, 3.63) is 35.7 Å². The molecule has 0 atom stereocenters. The van der Waals surface area contributed by atoms with E-state index in [0.717, 1.165) is 16.0 Å². The molecule has 1 aliphatic rings. The maximum Gasteiger partial charge on any atom is 0.327 e. The van der Waals surface area contributed by atoms with Crippen LogP contribution >= 0.6 is 0 Å². The molecule has 3 rings (SSSR count). The Balaban J connectivity index is 1.76. The van der Waals surface area contributed by atoms with Crippen LogP contribution in [0.2, 0.25) is 0 Å². The van der Waals surface area contributed by atoms with Gasteiger partial charge in [-0.15, -0.1) is 0 Å². The highest BCUT2D eigenvalue weighted by molar-refractivity contribution is 6.01. The number of nitrogens with two attached hydrogens (primary N) is 1. The number of nitrogens with zero attached hydrogens (tertiary/aromatic N) is 4. The molecule has 1 aliphatic heterocycles. The number of imide groups is 1. The lowest BCUT2D eigenvalue weighted by atomic mass is 10.1. The lowest BCUT2D eigenvalue weighted by molar-refractivity contribution is -0.125. The van der Waals surface area contributed by atoms with Crippen LogP contribution in [0.3, 0.4) is 0 Å². The first kappa shape index (κ1) is 14.2. The summed E-state index contributed by atoms with van der Waals surface area (Å²) in [4.78, 5) is 30.2. The number of benzene rings is 1. The first-order valence-corrected chi connectivity index (χ1v) is 6.76. The van der Waals surface area contributed by atoms with Crippen LogP contribution in [-0.2, 0) is 17.9 Å². The molecule has 8 nitrogen and oxygen atoms in total. The van der Waals surface area contributed by atoms with Crippen molar-refractivity contribution in [2.75, 3.05) is 13.6 Å². The number of urea groups is 1. The molecule has 0 aliphatic carbocycles. The second kappa shape index (κ2) is 5.57. The molecule has 3 amide bonds. The van der Waals surface area contributed by atoms with Gasteiger partial charge in [-0.2, -0.15) is 4.98 Å². The molecule has 0 saturated carbocycles. The van der Waals surface area contributed by atoms with Gasteiger partial charge in [0.05, 0.1) is 0 Å². The predicted molar refractivity (Wildman–Crippen MR) is 76.2 cm³/mol. The fraction of sp³-hybridized carbons (Fsp3) is 0.286. The zero-order valence-corrected chi connectivity index (χ0v) is 12.0. The monoisotopic (exact) mass is 301 g/mol. The molecule has 22 heavy (non-hydrogen) atoms. The van der Waals surface area contributed by atoms with Gasteiger partial charge >= 0.3 is 6.03 Å². The van der Waals surface area contributed by atoms with E-state index in [-0.39, 0.29) is 30.9 Å². The lowest BCUT2D eigenvalue weighted by Crippen LogP contribution is -2.31. The van der Waals surface area contributed by atoms with Crippen LogP contribution in [0.25, 0.3) is 11.4 Å². The quantitative estimate of drug-likeness (QED) is 0.828. The maximum atomic E-state index is 11.8. The molecule has 0 radical (unpaired) electrons. The van der Waals surface area contributed by atoms with Gasteiger partial charge in [-0.05, 0) is 5.56 Å². The van der Waals surface area contributed by atoms with Crippen molar-refractivity contribution in [2.24, 2.45) is 5.73 Å². The zero-order chi connectivity index (χ0) is 15.7. The molecule has 2 aromatic rings. The molecule has 8 heteroatoms. The Labute approximate surface area is 126 Å². The summed E-state index contributed by atoms with van der Waals surface area (Å²) < 4.78 is 5.12. The molecule has 1 aromatic carbocycles. The van der Waals surface area contributed by atoms with Crippen LogP contribution in [-0.4, -0.2) is 45.5 Å². The van der Waals surface area contributed by atoms with E-state index in [1.54, 1.807) is 7.05 Å². The number of carbonyl (C=O) groups is 2. The Morgan fingerprint density at radius 3 is 2.59 bits per heavy atom. The first-order valence-electron chi connectivity index (χ1n) is 6.76. The van der Waals surface area contributed by atoms with E-state index < -0.39 is 0 Å². The summed E-state index contributed by atoms with van der Waals surface area (Å²) >= 11 is 0. The van der Waals surface area contributed by atoms with Crippen LogP contribution in [0, 0.1) is 0 Å². The van der Waals surface area contributed by atoms with Crippen molar-refractivity contribution in [3.63, 3.8) is 0 Å². The lowest BCUT2D eigenvalue weighted by Gasteiger charge is -2.10. The van der Waals surface area contributed by atoms with E-state index in [1.165, 1.54) is 4.90 Å². The molecular formula is C14H15N5O3. The van der Waals surface area contributed by atoms with E-state index in [0.29, 0.717) is 12.4 Å². The minimum absolute atomic E-state index is 0.0180. The molecule has 1 aromatic heterocycles. The van der Waals surface area contributed by atoms with Crippen LogP contribution < -0.4 is 5.73 Å². The van der Waals surface area contributed by atoms with Crippen molar-refractivity contribution < 1.29 is 14.1 Å². The number of rotatable bonds is 4. The average Bonchev–Trinajstić information content (AvgIpc) is 3.08. The maximum absolute atomic E-state index is 11.8. The Kier molecular flexibility index (Phi) is 3.60. The highest BCUT2D eigenvalue weighted by atomic mass is 16.5. The van der Waals surface area contributed by atoms with E-state index in [2.05, 4.69) is 10.1 Å². The molecule has 114 valence electrons. The van der Waals surface area contributed by atoms with Crippen LogP contribution in [0.1, 0.15) is 11.5 Å². The van der Waals surface area contributed by atoms with E-state index in [9.17, 15) is 9.59 Å². The fourth-order valence-corrected chi connectivity index (χ4v) is 2.19. The third kappa shape index (κ3) is 2.56. The molecule has 0 bridgehead atoms. The SMILES string of the molecule is CN1CC(=O)N(Cc2nc(-c3ccc(CN)cc3)no2)C1=O. The number of hydrogen-bond donors (Lipinski definition) is 1. The number of hydrogen-bond acceptors (Lipinski definition) is 6. The molecule has 1 fully saturated rings. The summed E-state index contributed by atoms with van der Waals surface area (Å²) in [6.07, 6.45) is 0. The highest BCUT2D eigenvalue weighted by Crippen LogP contribution is 2.18. The summed E-state index contributed by atoms with van der Waals surface area (Å²) in [5.41, 5.74) is 7.33. The fourth-order valence-electron chi connectivity index (χ4n) is 2.19. The first-order chi connectivity index (χ1) is 10.6. The van der Waals surface area contributed by atoms with E-state index in [4.69, 9.17) is 10.3 Å². The second-order valence-corrected chi connectivity index (χ2v) is 5.03. The summed E-state index contributed by atoms with van der Waals surface area (Å²) in [6, 6.07) is 7.09. The van der Waals surface area contributed by atoms with Crippen molar-refractivity contribution >= 4 is 11.9 Å². The largest absolute Gasteiger partial charge is 0.337 e. The van der Waals surface area contributed by atoms with Crippen LogP contribution in [0.15, 0.2) is 28.8 Å². The van der Waals surface area contributed by atoms with Gasteiger partial charge in [-0.3, -0.25) is 9.69 Å². The standard InChI is InChI=1S/C14H15N5O3/c1-18-8-12(20)19(14(18)21)7-11-16-13(17-22-11)10-4-2-9(6-15)3-5-10/h2-5H,6-8,15H2,1H3. The third-order valence-electron chi connectivity index (χ3n) is 3.44. The van der Waals surface area contributed by atoms with E-state index in [1.807, 2.05) is 24.3 Å². The van der Waals surface area contributed by atoms with Gasteiger partial charge in [0.25, 0.3) is 5.91 Å². The van der Waals surface area contributed by atoms with Gasteiger partial charge in [0, 0.05) is 19.2 Å². The van der Waals surface area contributed by atoms with Gasteiger partial charge < -0.3 is 15.2 Å². The summed E-state index contributed by atoms with van der Waals surface area (Å²) in [5.74, 6) is 0.348. The zero-order valence-electron chi connectivity index (χ0n) is 12.0. The molecular weight excluding hydrogens is 286 g/mol. The molecule has 2 heterocycles. The van der Waals surface area contributed by atoms with Crippen molar-refractivity contribution in [1.29, 1.82) is 0 Å². The third-order valence-corrected chi connectivity index (χ3v) is 3.44. The molecule has 1 saturated heterocycles. The van der Waals surface area contributed by atoms with Crippen molar-refractivity contribution in [2.45, 2.75) is 13.1 Å². The normalized spacial score (nSPS) is 15.0. The van der Waals surface area contributed by atoms with Gasteiger partial charge in [0.2, 0.25) is 11.7 Å². The molecule has 0 spiro atoms. The number of aromatic nitrogens is 2. The van der Waals surface area contributed by atoms with Gasteiger partial charge in [-0.1, -0.05) is 29.4 Å². The van der Waals surface area contributed by atoms with Crippen molar-refractivity contribution in [3.8, 4) is 11.4 Å². The van der Waals surface area contributed by atoms with Gasteiger partial charge in [0.15, 0.2) is 0 Å². The summed E-state index contributed by atoms with van der Waals surface area (Å²) in [7, 11) is 1.57. The number of likely N-dealkylation sites (N-methyl/N-ethyl adjacent to an activating group) is 1. The molecule has 0 unspecified atom stereocenters. The van der Waals surface area contributed by atoms with Crippen LogP contribution in [0.4, 0.5) is 4.79 Å². The van der Waals surface area contributed by atoms with E-state index >= 15 is 0 Å². The second-order valence-electron chi connectivity index (χ2n) is 5.03. The highest BCUT2D eigenvalue weighted by Gasteiger charge is 2.34. The Morgan fingerprint density at radius 1 is 1.27 bits per heavy atom.